The van der Waals surface area contributed by atoms with Crippen LogP contribution in [-0.2, 0) is 9.47 Å². The van der Waals surface area contributed by atoms with Gasteiger partial charge in [0.2, 0.25) is 0 Å². The fourth-order valence-electron chi connectivity index (χ4n) is 1.55. The van der Waals surface area contributed by atoms with Crippen LogP contribution in [0.25, 0.3) is 0 Å². The van der Waals surface area contributed by atoms with Crippen LogP contribution in [0.15, 0.2) is 12.5 Å². The summed E-state index contributed by atoms with van der Waals surface area (Å²) in [4.78, 5) is 0. The molecular formula is C8H13NO2. The predicted molar refractivity (Wildman–Crippen MR) is 40.7 cm³/mol. The van der Waals surface area contributed by atoms with Crippen molar-refractivity contribution >= 4 is 0 Å². The van der Waals surface area contributed by atoms with E-state index in [-0.39, 0.29) is 6.29 Å². The van der Waals surface area contributed by atoms with Gasteiger partial charge in [0.05, 0.1) is 6.04 Å². The summed E-state index contributed by atoms with van der Waals surface area (Å²) in [7, 11) is 0. The number of nitrogens with one attached hydrogen (secondary N) is 1. The van der Waals surface area contributed by atoms with Gasteiger partial charge in [-0.05, 0) is 19.4 Å². The fraction of sp³-hybridized carbons (Fsp3) is 0.750. The van der Waals surface area contributed by atoms with Crippen molar-refractivity contribution in [1.82, 2.24) is 5.32 Å². The molecule has 11 heavy (non-hydrogen) atoms. The number of hydrogen-bond acceptors (Lipinski definition) is 3. The van der Waals surface area contributed by atoms with Crippen LogP contribution in [0.3, 0.4) is 0 Å². The Kier molecular flexibility index (Phi) is 1.99. The van der Waals surface area contributed by atoms with Crippen LogP contribution in [0.4, 0.5) is 0 Å². The van der Waals surface area contributed by atoms with Crippen LogP contribution in [-0.4, -0.2) is 18.9 Å². The topological polar surface area (TPSA) is 30.5 Å². The lowest BCUT2D eigenvalue weighted by Gasteiger charge is -2.26. The van der Waals surface area contributed by atoms with Gasteiger partial charge in [-0.2, -0.15) is 0 Å². The van der Waals surface area contributed by atoms with Crippen LogP contribution in [0.5, 0.6) is 0 Å². The highest BCUT2D eigenvalue weighted by molar-refractivity contribution is 4.82. The zero-order valence-corrected chi connectivity index (χ0v) is 6.45. The van der Waals surface area contributed by atoms with Gasteiger partial charge in [0, 0.05) is 0 Å². The summed E-state index contributed by atoms with van der Waals surface area (Å²) in [5, 5.41) is 3.37. The molecule has 2 aliphatic heterocycles. The average Bonchev–Trinajstić information content (AvgIpc) is 2.58. The molecule has 2 aliphatic rings. The second-order valence-corrected chi connectivity index (χ2v) is 2.97. The highest BCUT2D eigenvalue weighted by Gasteiger charge is 2.26. The standard InChI is InChI=1S/C8H13NO2/c1-2-4-9-7(3-1)8-10-5-6-11-8/h5-9H,1-4H2. The van der Waals surface area contributed by atoms with Crippen molar-refractivity contribution in [2.24, 2.45) is 0 Å². The molecule has 0 aliphatic carbocycles. The quantitative estimate of drug-likeness (QED) is 0.612. The van der Waals surface area contributed by atoms with E-state index in [2.05, 4.69) is 5.32 Å². The molecule has 0 aromatic heterocycles. The Morgan fingerprint density at radius 3 is 2.64 bits per heavy atom. The Balaban J connectivity index is 1.83. The molecule has 0 saturated carbocycles. The number of hydrogen-bond donors (Lipinski definition) is 1. The number of rotatable bonds is 1. The van der Waals surface area contributed by atoms with Crippen LogP contribution in [0.1, 0.15) is 19.3 Å². The molecule has 0 radical (unpaired) electrons. The Morgan fingerprint density at radius 2 is 2.00 bits per heavy atom. The summed E-state index contributed by atoms with van der Waals surface area (Å²) in [6, 6.07) is 0.388. The molecule has 2 rings (SSSR count). The van der Waals surface area contributed by atoms with E-state index in [9.17, 15) is 0 Å². The van der Waals surface area contributed by atoms with Gasteiger partial charge in [-0.25, -0.2) is 0 Å². The summed E-state index contributed by atoms with van der Waals surface area (Å²) in [5.74, 6) is 0. The molecule has 0 spiro atoms. The number of ether oxygens (including phenoxy) is 2. The highest BCUT2D eigenvalue weighted by Crippen LogP contribution is 2.17. The summed E-state index contributed by atoms with van der Waals surface area (Å²) < 4.78 is 10.5. The van der Waals surface area contributed by atoms with E-state index in [4.69, 9.17) is 9.47 Å². The van der Waals surface area contributed by atoms with Gasteiger partial charge in [-0.1, -0.05) is 6.42 Å². The zero-order chi connectivity index (χ0) is 7.52. The Labute approximate surface area is 66.4 Å². The Hall–Kier alpha value is -0.700. The molecule has 0 amide bonds. The molecule has 62 valence electrons. The minimum Gasteiger partial charge on any atom is -0.458 e. The van der Waals surface area contributed by atoms with Crippen molar-refractivity contribution in [2.45, 2.75) is 31.6 Å². The highest BCUT2D eigenvalue weighted by atomic mass is 16.7. The van der Waals surface area contributed by atoms with Crippen LogP contribution in [0.2, 0.25) is 0 Å². The van der Waals surface area contributed by atoms with Crippen molar-refractivity contribution in [3.8, 4) is 0 Å². The zero-order valence-electron chi connectivity index (χ0n) is 6.45. The van der Waals surface area contributed by atoms with Crippen molar-refractivity contribution in [3.05, 3.63) is 12.5 Å². The van der Waals surface area contributed by atoms with Crippen molar-refractivity contribution in [3.63, 3.8) is 0 Å². The minimum absolute atomic E-state index is 0.0738. The molecule has 1 unspecified atom stereocenters. The monoisotopic (exact) mass is 155 g/mol. The molecule has 3 nitrogen and oxygen atoms in total. The van der Waals surface area contributed by atoms with E-state index in [1.807, 2.05) is 0 Å². The summed E-state index contributed by atoms with van der Waals surface area (Å²) in [5.41, 5.74) is 0. The Bertz CT molecular complexity index is 144. The molecule has 1 atom stereocenters. The smallest absolute Gasteiger partial charge is 0.254 e. The minimum atomic E-state index is -0.0738. The summed E-state index contributed by atoms with van der Waals surface area (Å²) in [6.07, 6.45) is 6.86. The van der Waals surface area contributed by atoms with Crippen molar-refractivity contribution < 1.29 is 9.47 Å². The lowest BCUT2D eigenvalue weighted by Crippen LogP contribution is -2.43. The van der Waals surface area contributed by atoms with E-state index in [1.54, 1.807) is 12.5 Å². The first-order chi connectivity index (χ1) is 5.47. The van der Waals surface area contributed by atoms with E-state index in [0.29, 0.717) is 6.04 Å². The third-order valence-corrected chi connectivity index (χ3v) is 2.16. The van der Waals surface area contributed by atoms with Crippen LogP contribution in [0, 0.1) is 0 Å². The predicted octanol–water partition coefficient (Wildman–Crippen LogP) is 0.973. The van der Waals surface area contributed by atoms with E-state index < -0.39 is 0 Å². The van der Waals surface area contributed by atoms with Gasteiger partial charge in [-0.3, -0.25) is 0 Å². The maximum Gasteiger partial charge on any atom is 0.254 e. The molecular weight excluding hydrogens is 142 g/mol. The van der Waals surface area contributed by atoms with Gasteiger partial charge < -0.3 is 14.8 Å². The van der Waals surface area contributed by atoms with Gasteiger partial charge >= 0.3 is 0 Å². The number of piperidine rings is 1. The summed E-state index contributed by atoms with van der Waals surface area (Å²) in [6.45, 7) is 1.09. The molecule has 1 N–H and O–H groups in total. The lowest BCUT2D eigenvalue weighted by molar-refractivity contribution is -0.0556. The molecule has 1 saturated heterocycles. The van der Waals surface area contributed by atoms with Gasteiger partial charge in [0.25, 0.3) is 6.29 Å². The largest absolute Gasteiger partial charge is 0.458 e. The normalized spacial score (nSPS) is 31.5. The van der Waals surface area contributed by atoms with Crippen LogP contribution < -0.4 is 5.32 Å². The molecule has 0 aromatic rings. The maximum absolute atomic E-state index is 5.23. The van der Waals surface area contributed by atoms with E-state index in [1.165, 1.54) is 12.8 Å². The third kappa shape index (κ3) is 1.48. The molecule has 0 bridgehead atoms. The average molecular weight is 155 g/mol. The molecule has 1 fully saturated rings. The van der Waals surface area contributed by atoms with Crippen molar-refractivity contribution in [2.75, 3.05) is 6.54 Å². The van der Waals surface area contributed by atoms with Crippen molar-refractivity contribution in [1.29, 1.82) is 0 Å². The molecule has 3 heteroatoms. The molecule has 2 heterocycles. The second-order valence-electron chi connectivity index (χ2n) is 2.97. The third-order valence-electron chi connectivity index (χ3n) is 2.16. The summed E-state index contributed by atoms with van der Waals surface area (Å²) >= 11 is 0. The molecule has 0 aromatic carbocycles. The fourth-order valence-corrected chi connectivity index (χ4v) is 1.55. The van der Waals surface area contributed by atoms with E-state index >= 15 is 0 Å². The van der Waals surface area contributed by atoms with Gasteiger partial charge in [0.15, 0.2) is 0 Å². The first kappa shape index (κ1) is 6.98. The van der Waals surface area contributed by atoms with Gasteiger partial charge in [0.1, 0.15) is 12.5 Å². The maximum atomic E-state index is 5.23. The van der Waals surface area contributed by atoms with Gasteiger partial charge in [-0.15, -0.1) is 0 Å². The Morgan fingerprint density at radius 1 is 1.18 bits per heavy atom. The SMILES string of the molecule is C1=COC(C2CCCCN2)O1. The first-order valence-corrected chi connectivity index (χ1v) is 4.16. The van der Waals surface area contributed by atoms with E-state index in [0.717, 1.165) is 13.0 Å². The first-order valence-electron chi connectivity index (χ1n) is 4.16. The second kappa shape index (κ2) is 3.13. The van der Waals surface area contributed by atoms with Crippen LogP contribution >= 0.6 is 0 Å². The lowest BCUT2D eigenvalue weighted by atomic mass is 10.0.